The second-order valence-corrected chi connectivity index (χ2v) is 7.21. The van der Waals surface area contributed by atoms with Crippen molar-refractivity contribution < 1.29 is 0 Å². The van der Waals surface area contributed by atoms with Crippen molar-refractivity contribution in [2.45, 2.75) is 71.9 Å². The molecule has 3 nitrogen and oxygen atoms in total. The minimum absolute atomic E-state index is 0.501. The first-order chi connectivity index (χ1) is 8.87. The van der Waals surface area contributed by atoms with Crippen molar-refractivity contribution in [3.63, 3.8) is 0 Å². The summed E-state index contributed by atoms with van der Waals surface area (Å²) in [5.41, 5.74) is 3.11. The highest BCUT2D eigenvalue weighted by Crippen LogP contribution is 2.35. The van der Waals surface area contributed by atoms with Gasteiger partial charge in [0.05, 0.1) is 5.69 Å². The Kier molecular flexibility index (Phi) is 4.34. The Balaban J connectivity index is 1.95. The average molecular weight is 263 g/mol. The van der Waals surface area contributed by atoms with Gasteiger partial charge in [0.2, 0.25) is 0 Å². The monoisotopic (exact) mass is 263 g/mol. The summed E-state index contributed by atoms with van der Waals surface area (Å²) in [6.07, 6.45) is 7.51. The number of hydrogen-bond acceptors (Lipinski definition) is 2. The van der Waals surface area contributed by atoms with Gasteiger partial charge in [-0.1, -0.05) is 34.1 Å². The summed E-state index contributed by atoms with van der Waals surface area (Å²) >= 11 is 0. The van der Waals surface area contributed by atoms with Crippen LogP contribution in [0.25, 0.3) is 0 Å². The predicted molar refractivity (Wildman–Crippen MR) is 80.2 cm³/mol. The normalized spacial score (nSPS) is 22.9. The zero-order valence-corrected chi connectivity index (χ0v) is 13.2. The lowest BCUT2D eigenvalue weighted by molar-refractivity contribution is 0.197. The molecule has 0 radical (unpaired) electrons. The summed E-state index contributed by atoms with van der Waals surface area (Å²) in [7, 11) is 2.01. The van der Waals surface area contributed by atoms with E-state index >= 15 is 0 Å². The van der Waals surface area contributed by atoms with E-state index in [-0.39, 0.29) is 0 Å². The van der Waals surface area contributed by atoms with Gasteiger partial charge in [-0.2, -0.15) is 5.10 Å². The Morgan fingerprint density at radius 3 is 2.84 bits per heavy atom. The van der Waals surface area contributed by atoms with E-state index in [1.807, 2.05) is 11.7 Å². The quantitative estimate of drug-likeness (QED) is 0.899. The van der Waals surface area contributed by atoms with Crippen LogP contribution in [0, 0.1) is 5.41 Å². The van der Waals surface area contributed by atoms with E-state index in [4.69, 9.17) is 0 Å². The highest BCUT2D eigenvalue weighted by Gasteiger charge is 2.27. The first kappa shape index (κ1) is 14.6. The summed E-state index contributed by atoms with van der Waals surface area (Å²) < 4.78 is 1.94. The molecule has 0 amide bonds. The van der Waals surface area contributed by atoms with Crippen LogP contribution in [0.1, 0.15) is 70.6 Å². The summed E-state index contributed by atoms with van der Waals surface area (Å²) in [5, 5.41) is 8.33. The predicted octanol–water partition coefficient (Wildman–Crippen LogP) is 3.60. The molecule has 0 saturated heterocycles. The van der Waals surface area contributed by atoms with Gasteiger partial charge in [-0.15, -0.1) is 0 Å². The highest BCUT2D eigenvalue weighted by molar-refractivity contribution is 5.20. The first-order valence-corrected chi connectivity index (χ1v) is 7.63. The molecule has 1 aromatic heterocycles. The summed E-state index contributed by atoms with van der Waals surface area (Å²) in [4.78, 5) is 0. The Bertz CT molecular complexity index is 418. The van der Waals surface area contributed by atoms with E-state index in [1.165, 1.54) is 36.9 Å². The largest absolute Gasteiger partial charge is 0.310 e. The van der Waals surface area contributed by atoms with Gasteiger partial charge in [0.15, 0.2) is 0 Å². The lowest BCUT2D eigenvalue weighted by Gasteiger charge is -2.35. The lowest BCUT2D eigenvalue weighted by atomic mass is 9.75. The molecular formula is C16H29N3. The van der Waals surface area contributed by atoms with E-state index in [9.17, 15) is 0 Å². The fraction of sp³-hybridized carbons (Fsp3) is 0.812. The minimum Gasteiger partial charge on any atom is -0.310 e. The van der Waals surface area contributed by atoms with Gasteiger partial charge in [-0.05, 0) is 30.6 Å². The first-order valence-electron chi connectivity index (χ1n) is 7.63. The standard InChI is InChI=1S/C16H29N3/c1-12(2)15-13(11-19(5)18-15)10-17-14-7-6-8-16(3,4)9-14/h11-12,14,17H,6-10H2,1-5H3. The Hall–Kier alpha value is -0.830. The smallest absolute Gasteiger partial charge is 0.0694 e. The molecule has 2 rings (SSSR count). The van der Waals surface area contributed by atoms with Crippen LogP contribution in [0.2, 0.25) is 0 Å². The minimum atomic E-state index is 0.501. The third-order valence-electron chi connectivity index (χ3n) is 4.27. The van der Waals surface area contributed by atoms with Crippen molar-refractivity contribution in [3.05, 3.63) is 17.5 Å². The molecule has 0 aliphatic heterocycles. The van der Waals surface area contributed by atoms with E-state index in [2.05, 4.69) is 44.3 Å². The summed E-state index contributed by atoms with van der Waals surface area (Å²) in [6, 6.07) is 0.670. The molecule has 1 atom stereocenters. The molecule has 1 saturated carbocycles. The number of aromatic nitrogens is 2. The van der Waals surface area contributed by atoms with Crippen molar-refractivity contribution in [2.75, 3.05) is 0 Å². The van der Waals surface area contributed by atoms with Gasteiger partial charge in [0.1, 0.15) is 0 Å². The number of hydrogen-bond donors (Lipinski definition) is 1. The molecule has 1 fully saturated rings. The second-order valence-electron chi connectivity index (χ2n) is 7.21. The highest BCUT2D eigenvalue weighted by atomic mass is 15.3. The summed E-state index contributed by atoms with van der Waals surface area (Å²) in [5.74, 6) is 0.501. The molecule has 0 aromatic carbocycles. The second kappa shape index (κ2) is 5.66. The lowest BCUT2D eigenvalue weighted by Crippen LogP contribution is -2.37. The number of nitrogens with one attached hydrogen (secondary N) is 1. The van der Waals surface area contributed by atoms with Crippen LogP contribution in [0.15, 0.2) is 6.20 Å². The maximum Gasteiger partial charge on any atom is 0.0694 e. The molecular weight excluding hydrogens is 234 g/mol. The molecule has 19 heavy (non-hydrogen) atoms. The van der Waals surface area contributed by atoms with Crippen LogP contribution in [-0.4, -0.2) is 15.8 Å². The van der Waals surface area contributed by atoms with Crippen LogP contribution in [0.5, 0.6) is 0 Å². The van der Waals surface area contributed by atoms with Gasteiger partial charge in [-0.25, -0.2) is 0 Å². The van der Waals surface area contributed by atoms with Crippen molar-refractivity contribution >= 4 is 0 Å². The number of nitrogens with zero attached hydrogens (tertiary/aromatic N) is 2. The van der Waals surface area contributed by atoms with Gasteiger partial charge >= 0.3 is 0 Å². The molecule has 0 bridgehead atoms. The van der Waals surface area contributed by atoms with Crippen molar-refractivity contribution in [1.29, 1.82) is 0 Å². The van der Waals surface area contributed by atoms with Crippen LogP contribution in [0.3, 0.4) is 0 Å². The zero-order chi connectivity index (χ0) is 14.0. The SMILES string of the molecule is CC(C)c1nn(C)cc1CNC1CCCC(C)(C)C1. The van der Waals surface area contributed by atoms with Crippen molar-refractivity contribution in [3.8, 4) is 0 Å². The third kappa shape index (κ3) is 3.82. The molecule has 0 spiro atoms. The zero-order valence-electron chi connectivity index (χ0n) is 13.2. The maximum atomic E-state index is 4.58. The van der Waals surface area contributed by atoms with Gasteiger partial charge in [0, 0.05) is 31.4 Å². The molecule has 108 valence electrons. The fourth-order valence-electron chi connectivity index (χ4n) is 3.30. The Labute approximate surface area is 117 Å². The Morgan fingerprint density at radius 1 is 1.47 bits per heavy atom. The van der Waals surface area contributed by atoms with E-state index in [0.29, 0.717) is 17.4 Å². The number of rotatable bonds is 4. The molecule has 3 heteroatoms. The molecule has 1 heterocycles. The van der Waals surface area contributed by atoms with Gasteiger partial charge < -0.3 is 5.32 Å². The topological polar surface area (TPSA) is 29.9 Å². The third-order valence-corrected chi connectivity index (χ3v) is 4.27. The summed E-state index contributed by atoms with van der Waals surface area (Å²) in [6.45, 7) is 10.2. The van der Waals surface area contributed by atoms with Crippen molar-refractivity contribution in [2.24, 2.45) is 12.5 Å². The van der Waals surface area contributed by atoms with Crippen LogP contribution >= 0.6 is 0 Å². The molecule has 1 aromatic rings. The van der Waals surface area contributed by atoms with E-state index in [0.717, 1.165) is 6.54 Å². The Morgan fingerprint density at radius 2 is 2.21 bits per heavy atom. The van der Waals surface area contributed by atoms with Crippen LogP contribution in [0.4, 0.5) is 0 Å². The maximum absolute atomic E-state index is 4.58. The van der Waals surface area contributed by atoms with E-state index in [1.54, 1.807) is 0 Å². The van der Waals surface area contributed by atoms with Gasteiger partial charge in [0.25, 0.3) is 0 Å². The van der Waals surface area contributed by atoms with Crippen LogP contribution in [-0.2, 0) is 13.6 Å². The molecule has 1 aliphatic carbocycles. The average Bonchev–Trinajstić information content (AvgIpc) is 2.67. The fourth-order valence-corrected chi connectivity index (χ4v) is 3.30. The molecule has 1 aliphatic rings. The number of aryl methyl sites for hydroxylation is 1. The van der Waals surface area contributed by atoms with Gasteiger partial charge in [-0.3, -0.25) is 4.68 Å². The van der Waals surface area contributed by atoms with E-state index < -0.39 is 0 Å². The molecule has 1 N–H and O–H groups in total. The van der Waals surface area contributed by atoms with Crippen LogP contribution < -0.4 is 5.32 Å². The molecule has 1 unspecified atom stereocenters. The van der Waals surface area contributed by atoms with Crippen molar-refractivity contribution in [1.82, 2.24) is 15.1 Å².